The van der Waals surface area contributed by atoms with E-state index in [1.54, 1.807) is 0 Å². The molecule has 1 aromatic carbocycles. The molecule has 1 atom stereocenters. The van der Waals surface area contributed by atoms with Gasteiger partial charge in [0.15, 0.2) is 0 Å². The topological polar surface area (TPSA) is 49.4 Å². The lowest BCUT2D eigenvalue weighted by molar-refractivity contribution is -0.157. The molecule has 4 heteroatoms. The van der Waals surface area contributed by atoms with Crippen molar-refractivity contribution in [2.24, 2.45) is 0 Å². The second kappa shape index (κ2) is 6.73. The number of hydrogen-bond donors (Lipinski definition) is 1. The minimum atomic E-state index is -0.644. The molecule has 1 saturated heterocycles. The van der Waals surface area contributed by atoms with Crippen LogP contribution in [0.3, 0.4) is 0 Å². The van der Waals surface area contributed by atoms with E-state index in [0.29, 0.717) is 6.54 Å². The number of carbonyl (C=O) groups excluding carboxylic acids is 2. The van der Waals surface area contributed by atoms with E-state index in [4.69, 9.17) is 0 Å². The first kappa shape index (κ1) is 16.0. The van der Waals surface area contributed by atoms with Crippen molar-refractivity contribution >= 4 is 11.8 Å². The SMILES string of the molecule is CCCC1C(=O)NC2(CCCCC2)C(=O)N1Cc1ccccc1. The van der Waals surface area contributed by atoms with E-state index >= 15 is 0 Å². The molecule has 1 N–H and O–H groups in total. The van der Waals surface area contributed by atoms with Crippen LogP contribution in [0.1, 0.15) is 57.4 Å². The largest absolute Gasteiger partial charge is 0.340 e. The summed E-state index contributed by atoms with van der Waals surface area (Å²) in [6.45, 7) is 2.59. The normalized spacial score (nSPS) is 23.9. The van der Waals surface area contributed by atoms with Crippen LogP contribution in [0.2, 0.25) is 0 Å². The van der Waals surface area contributed by atoms with Gasteiger partial charge < -0.3 is 10.2 Å². The number of hydrogen-bond acceptors (Lipinski definition) is 2. The first-order valence-electron chi connectivity index (χ1n) is 8.83. The fraction of sp³-hybridized carbons (Fsp3) is 0.579. The van der Waals surface area contributed by atoms with E-state index in [2.05, 4.69) is 12.2 Å². The van der Waals surface area contributed by atoms with E-state index < -0.39 is 5.54 Å². The molecule has 2 fully saturated rings. The first-order chi connectivity index (χ1) is 11.2. The monoisotopic (exact) mass is 314 g/mol. The van der Waals surface area contributed by atoms with Gasteiger partial charge in [0.2, 0.25) is 11.8 Å². The highest BCUT2D eigenvalue weighted by atomic mass is 16.2. The Morgan fingerprint density at radius 1 is 1.13 bits per heavy atom. The van der Waals surface area contributed by atoms with Crippen LogP contribution in [0.15, 0.2) is 30.3 Å². The van der Waals surface area contributed by atoms with Crippen LogP contribution in [0, 0.1) is 0 Å². The zero-order valence-electron chi connectivity index (χ0n) is 13.9. The number of amides is 2. The second-order valence-electron chi connectivity index (χ2n) is 6.86. The molecule has 0 bridgehead atoms. The number of nitrogens with zero attached hydrogens (tertiary/aromatic N) is 1. The molecule has 4 nitrogen and oxygen atoms in total. The molecule has 3 rings (SSSR count). The van der Waals surface area contributed by atoms with Gasteiger partial charge in [-0.2, -0.15) is 0 Å². The Morgan fingerprint density at radius 3 is 2.48 bits per heavy atom. The van der Waals surface area contributed by atoms with Crippen LogP contribution >= 0.6 is 0 Å². The fourth-order valence-electron chi connectivity index (χ4n) is 3.95. The molecule has 1 saturated carbocycles. The lowest BCUT2D eigenvalue weighted by Crippen LogP contribution is -2.70. The molecule has 1 heterocycles. The average molecular weight is 314 g/mol. The molecule has 23 heavy (non-hydrogen) atoms. The summed E-state index contributed by atoms with van der Waals surface area (Å²) in [5.74, 6) is 0.156. The maximum Gasteiger partial charge on any atom is 0.249 e. The highest BCUT2D eigenvalue weighted by molar-refractivity contribution is 5.99. The summed E-state index contributed by atoms with van der Waals surface area (Å²) in [6, 6.07) is 9.65. The van der Waals surface area contributed by atoms with Gasteiger partial charge in [0.1, 0.15) is 11.6 Å². The van der Waals surface area contributed by atoms with Gasteiger partial charge in [0, 0.05) is 6.54 Å². The Morgan fingerprint density at radius 2 is 1.83 bits per heavy atom. The predicted molar refractivity (Wildman–Crippen MR) is 89.6 cm³/mol. The molecule has 1 aliphatic carbocycles. The third kappa shape index (κ3) is 3.12. The van der Waals surface area contributed by atoms with Crippen molar-refractivity contribution in [2.45, 2.75) is 70.0 Å². The minimum Gasteiger partial charge on any atom is -0.340 e. The van der Waals surface area contributed by atoms with Gasteiger partial charge in [-0.25, -0.2) is 0 Å². The van der Waals surface area contributed by atoms with Crippen molar-refractivity contribution in [3.8, 4) is 0 Å². The summed E-state index contributed by atoms with van der Waals surface area (Å²) < 4.78 is 0. The smallest absolute Gasteiger partial charge is 0.249 e. The minimum absolute atomic E-state index is 0.0317. The zero-order chi connectivity index (χ0) is 16.3. The summed E-state index contributed by atoms with van der Waals surface area (Å²) in [4.78, 5) is 27.8. The molecule has 1 spiro atoms. The Bertz CT molecular complexity index is 564. The molecule has 1 aliphatic heterocycles. The second-order valence-corrected chi connectivity index (χ2v) is 6.86. The summed E-state index contributed by atoms with van der Waals surface area (Å²) in [5.41, 5.74) is 0.441. The average Bonchev–Trinajstić information content (AvgIpc) is 2.58. The van der Waals surface area contributed by atoms with Crippen LogP contribution in [0.5, 0.6) is 0 Å². The van der Waals surface area contributed by atoms with Gasteiger partial charge in [-0.05, 0) is 24.8 Å². The van der Waals surface area contributed by atoms with E-state index in [1.807, 2.05) is 35.2 Å². The Labute approximate surface area is 138 Å². The highest BCUT2D eigenvalue weighted by Gasteiger charge is 2.50. The molecule has 2 amide bonds. The van der Waals surface area contributed by atoms with E-state index in [-0.39, 0.29) is 17.9 Å². The number of carbonyl (C=O) groups is 2. The quantitative estimate of drug-likeness (QED) is 0.928. The lowest BCUT2D eigenvalue weighted by atomic mass is 9.78. The van der Waals surface area contributed by atoms with Crippen molar-refractivity contribution in [2.75, 3.05) is 0 Å². The van der Waals surface area contributed by atoms with Crippen molar-refractivity contribution in [1.82, 2.24) is 10.2 Å². The maximum absolute atomic E-state index is 13.2. The van der Waals surface area contributed by atoms with Crippen LogP contribution in [-0.4, -0.2) is 28.3 Å². The van der Waals surface area contributed by atoms with Gasteiger partial charge >= 0.3 is 0 Å². The van der Waals surface area contributed by atoms with Gasteiger partial charge in [-0.3, -0.25) is 9.59 Å². The van der Waals surface area contributed by atoms with Gasteiger partial charge in [0.25, 0.3) is 0 Å². The molecule has 124 valence electrons. The molecular formula is C19H26N2O2. The van der Waals surface area contributed by atoms with Gasteiger partial charge in [-0.15, -0.1) is 0 Å². The van der Waals surface area contributed by atoms with Crippen LogP contribution in [0.4, 0.5) is 0 Å². The predicted octanol–water partition coefficient (Wildman–Crippen LogP) is 3.02. The van der Waals surface area contributed by atoms with Crippen LogP contribution < -0.4 is 5.32 Å². The third-order valence-corrected chi connectivity index (χ3v) is 5.18. The number of rotatable bonds is 4. The van der Waals surface area contributed by atoms with Gasteiger partial charge in [0.05, 0.1) is 0 Å². The van der Waals surface area contributed by atoms with Crippen LogP contribution in [0.25, 0.3) is 0 Å². The Kier molecular flexibility index (Phi) is 4.69. The molecule has 0 aromatic heterocycles. The first-order valence-corrected chi connectivity index (χ1v) is 8.83. The number of nitrogens with one attached hydrogen (secondary N) is 1. The zero-order valence-corrected chi connectivity index (χ0v) is 13.9. The molecule has 1 unspecified atom stereocenters. The molecular weight excluding hydrogens is 288 g/mol. The van der Waals surface area contributed by atoms with Crippen molar-refractivity contribution in [1.29, 1.82) is 0 Å². The Hall–Kier alpha value is -1.84. The highest BCUT2D eigenvalue weighted by Crippen LogP contribution is 2.34. The van der Waals surface area contributed by atoms with E-state index in [9.17, 15) is 9.59 Å². The van der Waals surface area contributed by atoms with E-state index in [0.717, 1.165) is 50.5 Å². The fourth-order valence-corrected chi connectivity index (χ4v) is 3.95. The molecule has 0 radical (unpaired) electrons. The van der Waals surface area contributed by atoms with Crippen molar-refractivity contribution in [3.63, 3.8) is 0 Å². The number of piperazine rings is 1. The third-order valence-electron chi connectivity index (χ3n) is 5.18. The molecule has 1 aromatic rings. The number of benzene rings is 1. The summed E-state index contributed by atoms with van der Waals surface area (Å²) in [6.07, 6.45) is 6.36. The lowest BCUT2D eigenvalue weighted by Gasteiger charge is -2.47. The van der Waals surface area contributed by atoms with Crippen molar-refractivity contribution in [3.05, 3.63) is 35.9 Å². The summed E-state index contributed by atoms with van der Waals surface area (Å²) >= 11 is 0. The van der Waals surface area contributed by atoms with Gasteiger partial charge in [-0.1, -0.05) is 62.9 Å². The molecule has 2 aliphatic rings. The van der Waals surface area contributed by atoms with E-state index in [1.165, 1.54) is 0 Å². The maximum atomic E-state index is 13.2. The standard InChI is InChI=1S/C19H26N2O2/c1-2-9-16-17(22)20-19(12-7-4-8-13-19)18(23)21(16)14-15-10-5-3-6-11-15/h3,5-6,10-11,16H,2,4,7-9,12-14H2,1H3,(H,20,22). The summed E-state index contributed by atoms with van der Waals surface area (Å²) in [5, 5.41) is 3.10. The van der Waals surface area contributed by atoms with Crippen molar-refractivity contribution < 1.29 is 9.59 Å². The Balaban J connectivity index is 1.89. The summed E-state index contributed by atoms with van der Waals surface area (Å²) in [7, 11) is 0. The van der Waals surface area contributed by atoms with Crippen LogP contribution in [-0.2, 0) is 16.1 Å².